The van der Waals surface area contributed by atoms with E-state index in [0.29, 0.717) is 31.1 Å². The van der Waals surface area contributed by atoms with Gasteiger partial charge in [0.25, 0.3) is 0 Å². The highest BCUT2D eigenvalue weighted by Gasteiger charge is 2.35. The molecule has 1 fully saturated rings. The van der Waals surface area contributed by atoms with Crippen molar-refractivity contribution in [3.63, 3.8) is 0 Å². The number of hydrogen-bond acceptors (Lipinski definition) is 4. The summed E-state index contributed by atoms with van der Waals surface area (Å²) in [5.74, 6) is 0.0348. The van der Waals surface area contributed by atoms with Gasteiger partial charge < -0.3 is 20.5 Å². The average Bonchev–Trinajstić information content (AvgIpc) is 2.88. The summed E-state index contributed by atoms with van der Waals surface area (Å²) in [5, 5.41) is 17.8. The topological polar surface area (TPSA) is 70.6 Å². The van der Waals surface area contributed by atoms with Crippen molar-refractivity contribution in [1.29, 1.82) is 0 Å². The lowest BCUT2D eigenvalue weighted by Gasteiger charge is -2.40. The van der Waals surface area contributed by atoms with Crippen LogP contribution < -0.4 is 15.4 Å². The number of halogens is 1. The summed E-state index contributed by atoms with van der Waals surface area (Å²) in [6.45, 7) is 8.72. The fourth-order valence-electron chi connectivity index (χ4n) is 5.27. The van der Waals surface area contributed by atoms with E-state index >= 15 is 0 Å². The van der Waals surface area contributed by atoms with Gasteiger partial charge in [-0.05, 0) is 60.4 Å². The smallest absolute Gasteiger partial charge is 0.217 e. The zero-order chi connectivity index (χ0) is 26.8. The van der Waals surface area contributed by atoms with Crippen LogP contribution in [0, 0.1) is 5.82 Å². The van der Waals surface area contributed by atoms with E-state index in [4.69, 9.17) is 4.74 Å². The summed E-state index contributed by atoms with van der Waals surface area (Å²) in [7, 11) is 0. The van der Waals surface area contributed by atoms with Crippen LogP contribution in [-0.2, 0) is 16.8 Å². The third-order valence-corrected chi connectivity index (χ3v) is 7.52. The number of rotatable bonds is 13. The molecule has 0 radical (unpaired) electrons. The summed E-state index contributed by atoms with van der Waals surface area (Å²) in [5.41, 5.74) is 3.08. The molecule has 1 amide bonds. The summed E-state index contributed by atoms with van der Waals surface area (Å²) in [6, 6.07) is 13.1. The lowest BCUT2D eigenvalue weighted by Crippen LogP contribution is -2.53. The molecule has 0 bridgehead atoms. The molecule has 5 nitrogen and oxygen atoms in total. The SMILES string of the molecule is CCCCOc1ccc(C[C@H](NC(C)=O)[C@H](O)CNC2(c3cccc(C(C)C)c3)CCCCC2)cc1F. The Morgan fingerprint density at radius 1 is 1.14 bits per heavy atom. The van der Waals surface area contributed by atoms with Gasteiger partial charge in [-0.1, -0.05) is 76.8 Å². The number of carbonyl (C=O) groups is 1. The highest BCUT2D eigenvalue weighted by molar-refractivity contribution is 5.73. The van der Waals surface area contributed by atoms with Crippen molar-refractivity contribution >= 4 is 5.91 Å². The third kappa shape index (κ3) is 8.27. The Hall–Kier alpha value is -2.44. The van der Waals surface area contributed by atoms with Gasteiger partial charge >= 0.3 is 0 Å². The van der Waals surface area contributed by atoms with Crippen molar-refractivity contribution in [2.24, 2.45) is 0 Å². The van der Waals surface area contributed by atoms with Crippen molar-refractivity contribution in [3.05, 3.63) is 65.0 Å². The molecular formula is C31H45FN2O3. The Bertz CT molecular complexity index is 1000. The highest BCUT2D eigenvalue weighted by atomic mass is 19.1. The minimum absolute atomic E-state index is 0.200. The Balaban J connectivity index is 1.73. The van der Waals surface area contributed by atoms with E-state index in [2.05, 4.69) is 55.7 Å². The van der Waals surface area contributed by atoms with Gasteiger partial charge in [0, 0.05) is 19.0 Å². The first-order valence-electron chi connectivity index (χ1n) is 14.0. The normalized spacial score (nSPS) is 16.8. The first kappa shape index (κ1) is 29.1. The second-order valence-corrected chi connectivity index (χ2v) is 10.8. The van der Waals surface area contributed by atoms with Crippen molar-refractivity contribution in [3.8, 4) is 5.75 Å². The average molecular weight is 513 g/mol. The van der Waals surface area contributed by atoms with Gasteiger partial charge in [-0.2, -0.15) is 0 Å². The number of hydrogen-bond donors (Lipinski definition) is 3. The molecule has 1 aliphatic rings. The fraction of sp³-hybridized carbons (Fsp3) is 0.581. The first-order valence-corrected chi connectivity index (χ1v) is 14.0. The molecule has 1 saturated carbocycles. The van der Waals surface area contributed by atoms with Crippen LogP contribution in [-0.4, -0.2) is 36.3 Å². The molecule has 0 spiro atoms. The van der Waals surface area contributed by atoms with Crippen molar-refractivity contribution < 1.29 is 19.0 Å². The number of unbranched alkanes of at least 4 members (excludes halogenated alkanes) is 1. The number of carbonyl (C=O) groups excluding carboxylic acids is 1. The Kier molecular flexibility index (Phi) is 11.0. The van der Waals surface area contributed by atoms with Crippen LogP contribution in [0.25, 0.3) is 0 Å². The molecule has 3 rings (SSSR count). The molecule has 0 saturated heterocycles. The van der Waals surface area contributed by atoms with E-state index in [1.807, 2.05) is 0 Å². The third-order valence-electron chi connectivity index (χ3n) is 7.52. The van der Waals surface area contributed by atoms with E-state index in [0.717, 1.165) is 38.5 Å². The lowest BCUT2D eigenvalue weighted by molar-refractivity contribution is -0.120. The van der Waals surface area contributed by atoms with Gasteiger partial charge in [0.15, 0.2) is 11.6 Å². The van der Waals surface area contributed by atoms with Gasteiger partial charge in [-0.25, -0.2) is 4.39 Å². The molecular weight excluding hydrogens is 467 g/mol. The van der Waals surface area contributed by atoms with E-state index in [1.165, 1.54) is 30.5 Å². The molecule has 204 valence electrons. The molecule has 3 N–H and O–H groups in total. The Labute approximate surface area is 222 Å². The molecule has 0 unspecified atom stereocenters. The molecule has 0 aliphatic heterocycles. The molecule has 2 atom stereocenters. The molecule has 2 aromatic rings. The zero-order valence-corrected chi connectivity index (χ0v) is 23.0. The summed E-state index contributed by atoms with van der Waals surface area (Å²) < 4.78 is 20.1. The predicted molar refractivity (Wildman–Crippen MR) is 147 cm³/mol. The zero-order valence-electron chi connectivity index (χ0n) is 23.0. The van der Waals surface area contributed by atoms with Crippen molar-refractivity contribution in [2.45, 2.75) is 103 Å². The maximum absolute atomic E-state index is 14.6. The van der Waals surface area contributed by atoms with E-state index < -0.39 is 18.0 Å². The first-order chi connectivity index (χ1) is 17.7. The minimum Gasteiger partial charge on any atom is -0.491 e. The number of benzene rings is 2. The molecule has 0 aromatic heterocycles. The number of aliphatic hydroxyl groups excluding tert-OH is 1. The molecule has 0 heterocycles. The van der Waals surface area contributed by atoms with Crippen molar-refractivity contribution in [1.82, 2.24) is 10.6 Å². The Morgan fingerprint density at radius 2 is 1.89 bits per heavy atom. The standard InChI is InChI=1S/C31H45FN2O3/c1-5-6-17-37-30-14-13-24(18-27(30)32)19-28(34-23(4)35)29(36)21-33-31(15-8-7-9-16-31)26-12-10-11-25(20-26)22(2)3/h10-14,18,20,22,28-29,33,36H,5-9,15-17,19,21H2,1-4H3,(H,34,35)/t28-,29+/m0/s1. The van der Waals surface area contributed by atoms with Crippen LogP contribution in [0.15, 0.2) is 42.5 Å². The van der Waals surface area contributed by atoms with Crippen molar-refractivity contribution in [2.75, 3.05) is 13.2 Å². The van der Waals surface area contributed by atoms with Gasteiger partial charge in [0.2, 0.25) is 5.91 Å². The number of nitrogens with one attached hydrogen (secondary N) is 2. The van der Waals surface area contributed by atoms with E-state index in [9.17, 15) is 14.3 Å². The highest BCUT2D eigenvalue weighted by Crippen LogP contribution is 2.38. The quantitative estimate of drug-likeness (QED) is 0.289. The minimum atomic E-state index is -0.834. The number of aliphatic hydroxyl groups is 1. The van der Waals surface area contributed by atoms with E-state index in [1.54, 1.807) is 12.1 Å². The molecule has 37 heavy (non-hydrogen) atoms. The monoisotopic (exact) mass is 512 g/mol. The predicted octanol–water partition coefficient (Wildman–Crippen LogP) is 5.99. The second kappa shape index (κ2) is 13.9. The number of amides is 1. The lowest BCUT2D eigenvalue weighted by atomic mass is 9.75. The fourth-order valence-corrected chi connectivity index (χ4v) is 5.27. The van der Waals surface area contributed by atoms with Crippen LogP contribution in [0.1, 0.15) is 95.2 Å². The van der Waals surface area contributed by atoms with Gasteiger partial charge in [-0.15, -0.1) is 0 Å². The molecule has 6 heteroatoms. The molecule has 1 aliphatic carbocycles. The van der Waals surface area contributed by atoms with Crippen LogP contribution in [0.4, 0.5) is 4.39 Å². The van der Waals surface area contributed by atoms with Gasteiger partial charge in [0.05, 0.1) is 18.8 Å². The maximum Gasteiger partial charge on any atom is 0.217 e. The molecule has 2 aromatic carbocycles. The largest absolute Gasteiger partial charge is 0.491 e. The summed E-state index contributed by atoms with van der Waals surface area (Å²) >= 11 is 0. The maximum atomic E-state index is 14.6. The number of ether oxygens (including phenoxy) is 1. The van der Waals surface area contributed by atoms with Crippen LogP contribution in [0.5, 0.6) is 5.75 Å². The van der Waals surface area contributed by atoms with Gasteiger partial charge in [-0.3, -0.25) is 4.79 Å². The van der Waals surface area contributed by atoms with Crippen LogP contribution in [0.2, 0.25) is 0 Å². The Morgan fingerprint density at radius 3 is 2.54 bits per heavy atom. The van der Waals surface area contributed by atoms with Crippen LogP contribution in [0.3, 0.4) is 0 Å². The second-order valence-electron chi connectivity index (χ2n) is 10.8. The van der Waals surface area contributed by atoms with E-state index in [-0.39, 0.29) is 17.2 Å². The summed E-state index contributed by atoms with van der Waals surface area (Å²) in [6.07, 6.45) is 6.85. The van der Waals surface area contributed by atoms with Crippen LogP contribution >= 0.6 is 0 Å². The van der Waals surface area contributed by atoms with Gasteiger partial charge in [0.1, 0.15) is 0 Å². The summed E-state index contributed by atoms with van der Waals surface area (Å²) in [4.78, 5) is 12.0.